The summed E-state index contributed by atoms with van der Waals surface area (Å²) in [5.74, 6) is 1.45. The van der Waals surface area contributed by atoms with Gasteiger partial charge in [0.2, 0.25) is 11.0 Å². The minimum absolute atomic E-state index is 0.106. The predicted molar refractivity (Wildman–Crippen MR) is 131 cm³/mol. The fraction of sp³-hybridized carbons (Fsp3) is 0.440. The van der Waals surface area contributed by atoms with E-state index in [2.05, 4.69) is 26.2 Å². The Morgan fingerprint density at radius 2 is 2.00 bits per heavy atom. The molecule has 0 bridgehead atoms. The van der Waals surface area contributed by atoms with Gasteiger partial charge in [-0.1, -0.05) is 12.7 Å². The van der Waals surface area contributed by atoms with Gasteiger partial charge >= 0.3 is 6.18 Å². The highest BCUT2D eigenvalue weighted by Crippen LogP contribution is 2.35. The molecule has 0 atom stereocenters. The minimum Gasteiger partial charge on any atom is -0.453 e. The SMILES string of the molecule is C=C(Nc1nc(C2CCN(C(=O)C3CC3)CC2)ns1)/C(=C\C(=C/C)C(F)(F)F)Oc1cccnc1C. The van der Waals surface area contributed by atoms with Crippen LogP contribution in [0.15, 0.2) is 54.1 Å². The zero-order chi connectivity index (χ0) is 25.9. The maximum Gasteiger partial charge on any atom is 0.416 e. The van der Waals surface area contributed by atoms with E-state index in [1.54, 1.807) is 25.3 Å². The number of nitrogens with zero attached hydrogens (tertiary/aromatic N) is 4. The van der Waals surface area contributed by atoms with Gasteiger partial charge in [0.05, 0.1) is 17.0 Å². The number of alkyl halides is 3. The van der Waals surface area contributed by atoms with Gasteiger partial charge in [-0.25, -0.2) is 4.98 Å². The van der Waals surface area contributed by atoms with E-state index >= 15 is 0 Å². The van der Waals surface area contributed by atoms with Crippen molar-refractivity contribution in [2.24, 2.45) is 5.92 Å². The van der Waals surface area contributed by atoms with E-state index in [4.69, 9.17) is 4.74 Å². The highest BCUT2D eigenvalue weighted by molar-refractivity contribution is 7.09. The molecule has 1 aliphatic heterocycles. The number of anilines is 1. The molecule has 11 heteroatoms. The lowest BCUT2D eigenvalue weighted by Crippen LogP contribution is -2.38. The van der Waals surface area contributed by atoms with Crippen LogP contribution < -0.4 is 10.1 Å². The molecule has 2 aromatic rings. The highest BCUT2D eigenvalue weighted by atomic mass is 32.1. The Morgan fingerprint density at radius 1 is 1.28 bits per heavy atom. The first-order chi connectivity index (χ1) is 17.2. The summed E-state index contributed by atoms with van der Waals surface area (Å²) in [4.78, 5) is 22.9. The summed E-state index contributed by atoms with van der Waals surface area (Å²) in [5, 5.41) is 3.35. The Morgan fingerprint density at radius 3 is 2.61 bits per heavy atom. The smallest absolute Gasteiger partial charge is 0.416 e. The third-order valence-corrected chi connectivity index (χ3v) is 6.84. The number of halogens is 3. The van der Waals surface area contributed by atoms with Crippen molar-refractivity contribution >= 4 is 22.6 Å². The molecule has 1 amide bonds. The zero-order valence-corrected chi connectivity index (χ0v) is 21.0. The first-order valence-electron chi connectivity index (χ1n) is 11.8. The third-order valence-electron chi connectivity index (χ3n) is 6.20. The molecule has 2 fully saturated rings. The molecular weight excluding hydrogens is 491 g/mol. The molecule has 0 aromatic carbocycles. The zero-order valence-electron chi connectivity index (χ0n) is 20.1. The first-order valence-corrected chi connectivity index (χ1v) is 12.6. The number of nitrogens with one attached hydrogen (secondary N) is 1. The number of hydrogen-bond donors (Lipinski definition) is 1. The maximum absolute atomic E-state index is 13.4. The molecular formula is C25H28F3N5O2S. The van der Waals surface area contributed by atoms with E-state index in [9.17, 15) is 18.0 Å². The molecule has 3 heterocycles. The lowest BCUT2D eigenvalue weighted by molar-refractivity contribution is -0.133. The molecule has 192 valence electrons. The highest BCUT2D eigenvalue weighted by Gasteiger charge is 2.36. The molecule has 0 spiro atoms. The maximum atomic E-state index is 13.4. The van der Waals surface area contributed by atoms with Gasteiger partial charge in [-0.05, 0) is 57.7 Å². The van der Waals surface area contributed by atoms with Gasteiger partial charge in [0, 0.05) is 42.7 Å². The monoisotopic (exact) mass is 519 g/mol. The number of likely N-dealkylation sites (tertiary alicyclic amines) is 1. The number of carbonyl (C=O) groups is 1. The molecule has 0 unspecified atom stereocenters. The van der Waals surface area contributed by atoms with Crippen LogP contribution in [0.2, 0.25) is 0 Å². The van der Waals surface area contributed by atoms with Gasteiger partial charge in [-0.3, -0.25) is 9.78 Å². The predicted octanol–water partition coefficient (Wildman–Crippen LogP) is 5.75. The Bertz CT molecular complexity index is 1180. The Hall–Kier alpha value is -3.21. The summed E-state index contributed by atoms with van der Waals surface area (Å²) in [6.07, 6.45) is 2.42. The van der Waals surface area contributed by atoms with E-state index in [1.807, 2.05) is 4.90 Å². The van der Waals surface area contributed by atoms with E-state index < -0.39 is 11.7 Å². The largest absolute Gasteiger partial charge is 0.453 e. The molecule has 1 N–H and O–H groups in total. The van der Waals surface area contributed by atoms with Crippen molar-refractivity contribution in [2.75, 3.05) is 18.4 Å². The van der Waals surface area contributed by atoms with Gasteiger partial charge in [0.15, 0.2) is 5.76 Å². The Kier molecular flexibility index (Phi) is 7.77. The fourth-order valence-corrected chi connectivity index (χ4v) is 4.61. The molecule has 1 saturated heterocycles. The molecule has 2 aromatic heterocycles. The molecule has 2 aliphatic rings. The molecule has 1 saturated carbocycles. The summed E-state index contributed by atoms with van der Waals surface area (Å²) in [7, 11) is 0. The number of piperidine rings is 1. The number of rotatable bonds is 8. The van der Waals surface area contributed by atoms with Crippen LogP contribution in [0.3, 0.4) is 0 Å². The number of hydrogen-bond acceptors (Lipinski definition) is 7. The summed E-state index contributed by atoms with van der Waals surface area (Å²) >= 11 is 1.11. The van der Waals surface area contributed by atoms with Gasteiger partial charge in [-0.15, -0.1) is 0 Å². The number of pyridine rings is 1. The lowest BCUT2D eigenvalue weighted by atomic mass is 9.96. The van der Waals surface area contributed by atoms with E-state index in [-0.39, 0.29) is 29.2 Å². The average Bonchev–Trinajstić information content (AvgIpc) is 3.60. The second-order valence-corrected chi connectivity index (χ2v) is 9.63. The summed E-state index contributed by atoms with van der Waals surface area (Å²) in [6, 6.07) is 3.26. The van der Waals surface area contributed by atoms with Crippen molar-refractivity contribution in [3.05, 3.63) is 65.6 Å². The van der Waals surface area contributed by atoms with Crippen molar-refractivity contribution < 1.29 is 22.7 Å². The first kappa shape index (κ1) is 25.9. The molecule has 36 heavy (non-hydrogen) atoms. The average molecular weight is 520 g/mol. The van der Waals surface area contributed by atoms with Gasteiger partial charge in [0.25, 0.3) is 0 Å². The normalized spacial score (nSPS) is 17.8. The van der Waals surface area contributed by atoms with E-state index in [0.29, 0.717) is 35.5 Å². The standard InChI is InChI=1S/C25H28F3N5O2S/c1-4-19(25(26,27)28)14-21(35-20-6-5-11-29-15(20)2)16(3)30-24-31-22(32-36-24)17-9-12-33(13-10-17)23(34)18-7-8-18/h4-6,11,14,17-18H,3,7-10,12-13H2,1-2H3,(H,30,31,32)/b19-4+,21-14+. The topological polar surface area (TPSA) is 80.2 Å². The Labute approximate surface area is 211 Å². The lowest BCUT2D eigenvalue weighted by Gasteiger charge is -2.30. The molecule has 4 rings (SSSR count). The summed E-state index contributed by atoms with van der Waals surface area (Å²) in [5.41, 5.74) is -0.239. The van der Waals surface area contributed by atoms with Crippen LogP contribution in [0.5, 0.6) is 5.75 Å². The molecule has 7 nitrogen and oxygen atoms in total. The van der Waals surface area contributed by atoms with Gasteiger partial charge < -0.3 is 15.0 Å². The van der Waals surface area contributed by atoms with Crippen molar-refractivity contribution in [3.8, 4) is 5.75 Å². The number of carbonyl (C=O) groups excluding carboxylic acids is 1. The third kappa shape index (κ3) is 6.31. The van der Waals surface area contributed by atoms with Crippen molar-refractivity contribution in [1.29, 1.82) is 0 Å². The molecule has 0 radical (unpaired) electrons. The van der Waals surface area contributed by atoms with Crippen molar-refractivity contribution in [1.82, 2.24) is 19.2 Å². The number of aromatic nitrogens is 3. The number of aryl methyl sites for hydroxylation is 1. The van der Waals surface area contributed by atoms with Gasteiger partial charge in [0.1, 0.15) is 11.6 Å². The Balaban J connectivity index is 1.46. The summed E-state index contributed by atoms with van der Waals surface area (Å²) in [6.45, 7) is 8.27. The van der Waals surface area contributed by atoms with Crippen LogP contribution in [0.1, 0.15) is 50.0 Å². The van der Waals surface area contributed by atoms with Crippen LogP contribution in [0.4, 0.5) is 18.3 Å². The second-order valence-electron chi connectivity index (χ2n) is 8.87. The fourth-order valence-electron chi connectivity index (χ4n) is 3.93. The van der Waals surface area contributed by atoms with E-state index in [1.165, 1.54) is 6.92 Å². The van der Waals surface area contributed by atoms with Gasteiger partial charge in [-0.2, -0.15) is 17.5 Å². The van der Waals surface area contributed by atoms with Crippen molar-refractivity contribution in [3.63, 3.8) is 0 Å². The van der Waals surface area contributed by atoms with Crippen LogP contribution in [0.25, 0.3) is 0 Å². The quantitative estimate of drug-likeness (QED) is 0.353. The number of amides is 1. The minimum atomic E-state index is -4.56. The number of ether oxygens (including phenoxy) is 1. The molecule has 1 aliphatic carbocycles. The second kappa shape index (κ2) is 10.8. The van der Waals surface area contributed by atoms with E-state index in [0.717, 1.165) is 49.4 Å². The van der Waals surface area contributed by atoms with Crippen molar-refractivity contribution in [2.45, 2.75) is 51.6 Å². The summed E-state index contributed by atoms with van der Waals surface area (Å²) < 4.78 is 50.6. The number of allylic oxidation sites excluding steroid dienone is 3. The van der Waals surface area contributed by atoms with Crippen LogP contribution in [0, 0.1) is 12.8 Å². The van der Waals surface area contributed by atoms with Crippen LogP contribution in [-0.4, -0.2) is 44.4 Å². The van der Waals surface area contributed by atoms with Crippen LogP contribution >= 0.6 is 11.5 Å². The van der Waals surface area contributed by atoms with Crippen LogP contribution in [-0.2, 0) is 4.79 Å².